The Balaban J connectivity index is 1.40. The fraction of sp³-hybridized carbons (Fsp3) is 0.333. The van der Waals surface area contributed by atoms with Crippen molar-refractivity contribution in [3.05, 3.63) is 58.9 Å². The predicted molar refractivity (Wildman–Crippen MR) is 129 cm³/mol. The van der Waals surface area contributed by atoms with Crippen LogP contribution in [0.5, 0.6) is 11.5 Å². The highest BCUT2D eigenvalue weighted by Gasteiger charge is 2.18. The predicted octanol–water partition coefficient (Wildman–Crippen LogP) is 4.55. The molecule has 0 atom stereocenters. The van der Waals surface area contributed by atoms with Crippen molar-refractivity contribution in [3.8, 4) is 11.5 Å². The van der Waals surface area contributed by atoms with Crippen molar-refractivity contribution in [2.45, 2.75) is 43.7 Å². The zero-order valence-corrected chi connectivity index (χ0v) is 19.6. The van der Waals surface area contributed by atoms with E-state index in [1.165, 1.54) is 35.9 Å². The lowest BCUT2D eigenvalue weighted by Gasteiger charge is -2.19. The summed E-state index contributed by atoms with van der Waals surface area (Å²) in [4.78, 5) is 1.03. The van der Waals surface area contributed by atoms with Crippen LogP contribution in [-0.2, 0) is 25.9 Å². The molecule has 2 aromatic carbocycles. The Hall–Kier alpha value is -3.17. The van der Waals surface area contributed by atoms with Crippen LogP contribution < -0.4 is 19.9 Å². The Labute approximate surface area is 196 Å². The summed E-state index contributed by atoms with van der Waals surface area (Å²) in [5.74, 6) is 2.17. The van der Waals surface area contributed by atoms with Gasteiger partial charge in [0, 0.05) is 18.3 Å². The van der Waals surface area contributed by atoms with Crippen molar-refractivity contribution in [2.75, 3.05) is 18.9 Å². The molecule has 2 heterocycles. The molecular formula is C24H27N5O3S. The van der Waals surface area contributed by atoms with Gasteiger partial charge in [-0.15, -0.1) is 0 Å². The van der Waals surface area contributed by atoms with E-state index in [4.69, 9.17) is 19.7 Å². The van der Waals surface area contributed by atoms with Gasteiger partial charge >= 0.3 is 0 Å². The van der Waals surface area contributed by atoms with Gasteiger partial charge in [0.2, 0.25) is 0 Å². The third-order valence-corrected chi connectivity index (χ3v) is 6.80. The first-order valence-corrected chi connectivity index (χ1v) is 11.8. The highest BCUT2D eigenvalue weighted by atomic mass is 32.2. The number of benzene rings is 2. The number of nitrogens with zero attached hydrogens (tertiary/aromatic N) is 3. The first-order valence-electron chi connectivity index (χ1n) is 11.0. The number of fused-ring (bicyclic) bond motifs is 2. The van der Waals surface area contributed by atoms with Gasteiger partial charge in [0.15, 0.2) is 11.4 Å². The van der Waals surface area contributed by atoms with Gasteiger partial charge in [-0.1, -0.05) is 5.16 Å². The minimum Gasteiger partial charge on any atom is -0.496 e. The Bertz CT molecular complexity index is 1280. The summed E-state index contributed by atoms with van der Waals surface area (Å²) in [7, 11) is 3.36. The molecule has 172 valence electrons. The average molecular weight is 466 g/mol. The molecule has 3 N–H and O–H groups in total. The quantitative estimate of drug-likeness (QED) is 0.366. The highest BCUT2D eigenvalue weighted by Crippen LogP contribution is 2.39. The van der Waals surface area contributed by atoms with Gasteiger partial charge in [0.05, 0.1) is 31.9 Å². The highest BCUT2D eigenvalue weighted by molar-refractivity contribution is 8.00. The van der Waals surface area contributed by atoms with E-state index in [0.29, 0.717) is 30.2 Å². The van der Waals surface area contributed by atoms with Crippen LogP contribution in [0.15, 0.2) is 46.1 Å². The van der Waals surface area contributed by atoms with Gasteiger partial charge in [-0.2, -0.15) is 5.10 Å². The van der Waals surface area contributed by atoms with Gasteiger partial charge in [-0.25, -0.2) is 0 Å². The average Bonchev–Trinajstić information content (AvgIpc) is 3.48. The van der Waals surface area contributed by atoms with Crippen molar-refractivity contribution in [1.29, 1.82) is 0 Å². The monoisotopic (exact) mass is 465 g/mol. The minimum absolute atomic E-state index is 0.464. The lowest BCUT2D eigenvalue weighted by Crippen LogP contribution is -2.04. The smallest absolute Gasteiger partial charge is 0.191 e. The molecule has 2 aromatic heterocycles. The van der Waals surface area contributed by atoms with Crippen LogP contribution in [-0.4, -0.2) is 29.2 Å². The molecule has 8 nitrogen and oxygen atoms in total. The lowest BCUT2D eigenvalue weighted by molar-refractivity contribution is 0.403. The fourth-order valence-electron chi connectivity index (χ4n) is 4.28. The number of rotatable bonds is 8. The molecule has 0 bridgehead atoms. The standard InChI is InChI=1S/C24H27N5O3S/c1-30-19-9-17-5-3-4-6-18(17)10-22(19)33-28-24-23-20(31-2)7-15(8-21(23)32-27-24)13-29-14-16(11-25)12-26-29/h7-10,12,14H,3-6,11,13,25H2,1-2H3,(H,27,28). The second-order valence-corrected chi connectivity index (χ2v) is 8.98. The Morgan fingerprint density at radius 2 is 1.85 bits per heavy atom. The number of anilines is 1. The summed E-state index contributed by atoms with van der Waals surface area (Å²) >= 11 is 1.47. The molecule has 33 heavy (non-hydrogen) atoms. The van der Waals surface area contributed by atoms with E-state index in [-0.39, 0.29) is 0 Å². The van der Waals surface area contributed by atoms with E-state index in [0.717, 1.165) is 40.0 Å². The number of aryl methyl sites for hydroxylation is 2. The molecule has 0 aliphatic heterocycles. The van der Waals surface area contributed by atoms with Crippen LogP contribution in [0.2, 0.25) is 0 Å². The zero-order valence-electron chi connectivity index (χ0n) is 18.8. The molecule has 0 saturated heterocycles. The Morgan fingerprint density at radius 1 is 1.06 bits per heavy atom. The third-order valence-electron chi connectivity index (χ3n) is 5.97. The first-order chi connectivity index (χ1) is 16.2. The molecule has 0 fully saturated rings. The minimum atomic E-state index is 0.464. The number of ether oxygens (including phenoxy) is 2. The van der Waals surface area contributed by atoms with Gasteiger partial charge in [-0.3, -0.25) is 4.68 Å². The number of nitrogens with one attached hydrogen (secondary N) is 1. The van der Waals surface area contributed by atoms with Crippen LogP contribution in [0, 0.1) is 0 Å². The molecule has 0 radical (unpaired) electrons. The largest absolute Gasteiger partial charge is 0.496 e. The number of hydrogen-bond acceptors (Lipinski definition) is 8. The number of methoxy groups -OCH3 is 2. The van der Waals surface area contributed by atoms with Gasteiger partial charge in [-0.05, 0) is 78.6 Å². The molecule has 0 saturated carbocycles. The summed E-state index contributed by atoms with van der Waals surface area (Å²) in [5, 5.41) is 9.42. The maximum atomic E-state index is 5.69. The van der Waals surface area contributed by atoms with Gasteiger partial charge < -0.3 is 24.5 Å². The van der Waals surface area contributed by atoms with E-state index >= 15 is 0 Å². The van der Waals surface area contributed by atoms with Crippen molar-refractivity contribution in [1.82, 2.24) is 14.9 Å². The number of hydrogen-bond donors (Lipinski definition) is 2. The fourth-order valence-corrected chi connectivity index (χ4v) is 5.07. The van der Waals surface area contributed by atoms with Crippen LogP contribution >= 0.6 is 11.9 Å². The van der Waals surface area contributed by atoms with Crippen molar-refractivity contribution in [2.24, 2.45) is 5.73 Å². The molecule has 5 rings (SSSR count). The van der Waals surface area contributed by atoms with Crippen LogP contribution in [0.3, 0.4) is 0 Å². The topological polar surface area (TPSA) is 100 Å². The van der Waals surface area contributed by atoms with Crippen molar-refractivity contribution in [3.63, 3.8) is 0 Å². The van der Waals surface area contributed by atoms with Crippen molar-refractivity contribution < 1.29 is 14.0 Å². The molecular weight excluding hydrogens is 438 g/mol. The zero-order chi connectivity index (χ0) is 22.8. The van der Waals surface area contributed by atoms with Gasteiger partial charge in [0.25, 0.3) is 0 Å². The summed E-state index contributed by atoms with van der Waals surface area (Å²) in [6.45, 7) is 1.04. The second kappa shape index (κ2) is 9.36. The summed E-state index contributed by atoms with van der Waals surface area (Å²) in [5.41, 5.74) is 11.1. The molecule has 4 aromatic rings. The normalized spacial score (nSPS) is 13.2. The summed E-state index contributed by atoms with van der Waals surface area (Å²) in [6.07, 6.45) is 8.41. The maximum Gasteiger partial charge on any atom is 0.191 e. The van der Waals surface area contributed by atoms with E-state index in [9.17, 15) is 0 Å². The molecule has 1 aliphatic rings. The number of aromatic nitrogens is 3. The molecule has 0 spiro atoms. The van der Waals surface area contributed by atoms with E-state index in [1.54, 1.807) is 20.4 Å². The molecule has 0 unspecified atom stereocenters. The van der Waals surface area contributed by atoms with Crippen LogP contribution in [0.25, 0.3) is 11.0 Å². The third kappa shape index (κ3) is 4.38. The Morgan fingerprint density at radius 3 is 2.58 bits per heavy atom. The van der Waals surface area contributed by atoms with E-state index in [2.05, 4.69) is 27.1 Å². The first kappa shape index (κ1) is 21.7. The van der Waals surface area contributed by atoms with Crippen LogP contribution in [0.1, 0.15) is 35.1 Å². The van der Waals surface area contributed by atoms with Crippen LogP contribution in [0.4, 0.5) is 5.82 Å². The second-order valence-electron chi connectivity index (χ2n) is 8.14. The molecule has 9 heteroatoms. The molecule has 0 amide bonds. The lowest BCUT2D eigenvalue weighted by atomic mass is 9.92. The summed E-state index contributed by atoms with van der Waals surface area (Å²) < 4.78 is 22.2. The van der Waals surface area contributed by atoms with E-state index in [1.807, 2.05) is 23.0 Å². The van der Waals surface area contributed by atoms with Crippen molar-refractivity contribution >= 4 is 28.7 Å². The number of nitrogens with two attached hydrogens (primary N) is 1. The summed E-state index contributed by atoms with van der Waals surface area (Å²) in [6, 6.07) is 8.34. The molecule has 1 aliphatic carbocycles. The maximum absolute atomic E-state index is 5.69. The van der Waals surface area contributed by atoms with Gasteiger partial charge in [0.1, 0.15) is 16.9 Å². The Kier molecular flexibility index (Phi) is 6.15. The van der Waals surface area contributed by atoms with E-state index < -0.39 is 0 Å². The SMILES string of the molecule is COc1cc2c(cc1SNc1noc3cc(Cn4cc(CN)cn4)cc(OC)c13)CCCC2.